The molecule has 3 aromatic rings. The Bertz CT molecular complexity index is 835. The zero-order chi connectivity index (χ0) is 13.7. The molecule has 1 aromatic heterocycles. The number of hydrogen-bond acceptors (Lipinski definition) is 1. The van der Waals surface area contributed by atoms with Crippen LogP contribution in [0.25, 0.3) is 21.2 Å². The quantitative estimate of drug-likeness (QED) is 0.547. The second kappa shape index (κ2) is 4.32. The van der Waals surface area contributed by atoms with Crippen LogP contribution in [0.2, 0.25) is 0 Å². The van der Waals surface area contributed by atoms with Crippen LogP contribution in [0.1, 0.15) is 22.9 Å². The molecular weight excluding hydrogens is 260 g/mol. The van der Waals surface area contributed by atoms with Gasteiger partial charge in [0, 0.05) is 15.0 Å². The summed E-state index contributed by atoms with van der Waals surface area (Å²) in [5.41, 5.74) is 6.80. The number of rotatable bonds is 1. The minimum atomic E-state index is 1.03. The van der Waals surface area contributed by atoms with Gasteiger partial charge >= 0.3 is 0 Å². The van der Waals surface area contributed by atoms with Gasteiger partial charge in [-0.2, -0.15) is 0 Å². The van der Waals surface area contributed by atoms with E-state index in [4.69, 9.17) is 0 Å². The molecule has 1 heteroatoms. The third-order valence-electron chi connectivity index (χ3n) is 3.91. The second-order valence-corrected chi connectivity index (χ2v) is 6.78. The number of hydrogen-bond donors (Lipinski definition) is 0. The van der Waals surface area contributed by atoms with Gasteiger partial charge in [-0.25, -0.2) is 0 Å². The SMILES string of the molecule is CC1=[C]c2cc3sc(C)cc3c(-c3ccccc3)c2C1. The molecule has 0 unspecified atom stereocenters. The predicted molar refractivity (Wildman–Crippen MR) is 87.2 cm³/mol. The van der Waals surface area contributed by atoms with E-state index in [1.165, 1.54) is 42.8 Å². The molecule has 0 saturated carbocycles. The van der Waals surface area contributed by atoms with Crippen molar-refractivity contribution in [3.05, 3.63) is 70.1 Å². The lowest BCUT2D eigenvalue weighted by Gasteiger charge is -2.11. The molecule has 0 amide bonds. The topological polar surface area (TPSA) is 0 Å². The fourth-order valence-corrected chi connectivity index (χ4v) is 4.09. The average molecular weight is 275 g/mol. The molecule has 20 heavy (non-hydrogen) atoms. The predicted octanol–water partition coefficient (Wildman–Crippen LogP) is 5.53. The smallest absolute Gasteiger partial charge is 0.0358 e. The lowest BCUT2D eigenvalue weighted by Crippen LogP contribution is -1.90. The lowest BCUT2D eigenvalue weighted by molar-refractivity contribution is 1.19. The van der Waals surface area contributed by atoms with Crippen LogP contribution in [-0.4, -0.2) is 0 Å². The Kier molecular flexibility index (Phi) is 2.58. The van der Waals surface area contributed by atoms with Gasteiger partial charge in [-0.05, 0) is 60.7 Å². The van der Waals surface area contributed by atoms with Crippen molar-refractivity contribution >= 4 is 21.4 Å². The monoisotopic (exact) mass is 275 g/mol. The average Bonchev–Trinajstić information content (AvgIpc) is 2.97. The summed E-state index contributed by atoms with van der Waals surface area (Å²) in [5.74, 6) is 0. The van der Waals surface area contributed by atoms with Crippen molar-refractivity contribution in [2.24, 2.45) is 0 Å². The van der Waals surface area contributed by atoms with Crippen LogP contribution in [0, 0.1) is 13.0 Å². The third kappa shape index (κ3) is 1.74. The first-order valence-corrected chi connectivity index (χ1v) is 7.75. The van der Waals surface area contributed by atoms with Crippen LogP contribution in [-0.2, 0) is 6.42 Å². The van der Waals surface area contributed by atoms with Crippen LogP contribution in [0.5, 0.6) is 0 Å². The molecule has 1 aliphatic rings. The van der Waals surface area contributed by atoms with Crippen molar-refractivity contribution in [2.75, 3.05) is 0 Å². The number of aryl methyl sites for hydroxylation is 1. The van der Waals surface area contributed by atoms with Crippen molar-refractivity contribution in [2.45, 2.75) is 20.3 Å². The van der Waals surface area contributed by atoms with Crippen LogP contribution in [0.3, 0.4) is 0 Å². The Morgan fingerprint density at radius 3 is 2.65 bits per heavy atom. The van der Waals surface area contributed by atoms with Crippen molar-refractivity contribution in [1.82, 2.24) is 0 Å². The molecule has 0 spiro atoms. The van der Waals surface area contributed by atoms with Gasteiger partial charge < -0.3 is 0 Å². The first kappa shape index (κ1) is 11.9. The van der Waals surface area contributed by atoms with Gasteiger partial charge in [0.2, 0.25) is 0 Å². The first-order valence-electron chi connectivity index (χ1n) is 6.93. The lowest BCUT2D eigenvalue weighted by atomic mass is 9.93. The molecule has 1 radical (unpaired) electrons. The molecule has 0 aliphatic heterocycles. The van der Waals surface area contributed by atoms with Crippen molar-refractivity contribution in [1.29, 1.82) is 0 Å². The maximum absolute atomic E-state index is 3.53. The fourth-order valence-electron chi connectivity index (χ4n) is 3.12. The van der Waals surface area contributed by atoms with Gasteiger partial charge in [0.25, 0.3) is 0 Å². The molecule has 0 atom stereocenters. The number of thiophene rings is 1. The van der Waals surface area contributed by atoms with E-state index in [9.17, 15) is 0 Å². The standard InChI is InChI=1S/C19H15S/c1-12-8-15-11-18-17(10-13(2)20-18)19(16(15)9-12)14-6-4-3-5-7-14/h3-7,10-11H,9H2,1-2H3. The van der Waals surface area contributed by atoms with Crippen LogP contribution in [0.15, 0.2) is 48.0 Å². The second-order valence-electron chi connectivity index (χ2n) is 5.49. The molecule has 0 nitrogen and oxygen atoms in total. The number of benzene rings is 2. The molecular formula is C19H15S. The van der Waals surface area contributed by atoms with E-state index in [0.717, 1.165) is 6.42 Å². The van der Waals surface area contributed by atoms with Gasteiger partial charge in [0.1, 0.15) is 0 Å². The van der Waals surface area contributed by atoms with E-state index in [1.54, 1.807) is 0 Å². The zero-order valence-electron chi connectivity index (χ0n) is 11.7. The summed E-state index contributed by atoms with van der Waals surface area (Å²) >= 11 is 1.88. The Labute approximate surface area is 123 Å². The fraction of sp³-hybridized carbons (Fsp3) is 0.158. The summed E-state index contributed by atoms with van der Waals surface area (Å²) in [4.78, 5) is 1.38. The van der Waals surface area contributed by atoms with E-state index >= 15 is 0 Å². The van der Waals surface area contributed by atoms with Crippen molar-refractivity contribution in [3.63, 3.8) is 0 Å². The van der Waals surface area contributed by atoms with Gasteiger partial charge in [-0.3, -0.25) is 0 Å². The highest BCUT2D eigenvalue weighted by atomic mass is 32.1. The molecule has 0 saturated heterocycles. The minimum absolute atomic E-state index is 1.03. The molecule has 2 aromatic carbocycles. The molecule has 0 bridgehead atoms. The summed E-state index contributed by atoms with van der Waals surface area (Å²) in [7, 11) is 0. The molecule has 1 aliphatic carbocycles. The van der Waals surface area contributed by atoms with E-state index in [0.29, 0.717) is 0 Å². The normalized spacial score (nSPS) is 13.6. The van der Waals surface area contributed by atoms with Crippen LogP contribution >= 0.6 is 11.3 Å². The van der Waals surface area contributed by atoms with E-state index in [2.05, 4.69) is 62.4 Å². The largest absolute Gasteiger partial charge is 0.141 e. The highest BCUT2D eigenvalue weighted by Crippen LogP contribution is 2.41. The Balaban J connectivity index is 2.11. The van der Waals surface area contributed by atoms with Gasteiger partial charge in [-0.1, -0.05) is 35.9 Å². The minimum Gasteiger partial charge on any atom is -0.141 e. The number of allylic oxidation sites excluding steroid dienone is 1. The van der Waals surface area contributed by atoms with E-state index < -0.39 is 0 Å². The Hall–Kier alpha value is -1.86. The van der Waals surface area contributed by atoms with Crippen LogP contribution in [0.4, 0.5) is 0 Å². The Morgan fingerprint density at radius 1 is 1.05 bits per heavy atom. The van der Waals surface area contributed by atoms with E-state index in [-0.39, 0.29) is 0 Å². The summed E-state index contributed by atoms with van der Waals surface area (Å²) in [6, 6.07) is 15.4. The van der Waals surface area contributed by atoms with Gasteiger partial charge in [0.05, 0.1) is 0 Å². The van der Waals surface area contributed by atoms with Gasteiger partial charge in [0.15, 0.2) is 0 Å². The summed E-state index contributed by atoms with van der Waals surface area (Å²) in [5, 5.41) is 1.40. The molecule has 1 heterocycles. The first-order chi connectivity index (χ1) is 9.72. The van der Waals surface area contributed by atoms with Crippen molar-refractivity contribution in [3.8, 4) is 11.1 Å². The summed E-state index contributed by atoms with van der Waals surface area (Å²) in [6.07, 6.45) is 4.56. The molecule has 4 rings (SSSR count). The van der Waals surface area contributed by atoms with Crippen LogP contribution < -0.4 is 0 Å². The summed E-state index contributed by atoms with van der Waals surface area (Å²) < 4.78 is 1.38. The molecule has 0 fully saturated rings. The van der Waals surface area contributed by atoms with Gasteiger partial charge in [-0.15, -0.1) is 11.3 Å². The maximum atomic E-state index is 3.53. The maximum Gasteiger partial charge on any atom is 0.0358 e. The Morgan fingerprint density at radius 2 is 1.85 bits per heavy atom. The highest BCUT2D eigenvalue weighted by molar-refractivity contribution is 7.19. The highest BCUT2D eigenvalue weighted by Gasteiger charge is 2.19. The molecule has 97 valence electrons. The zero-order valence-corrected chi connectivity index (χ0v) is 12.5. The third-order valence-corrected chi connectivity index (χ3v) is 4.91. The summed E-state index contributed by atoms with van der Waals surface area (Å²) in [6.45, 7) is 4.36. The van der Waals surface area contributed by atoms with Crippen molar-refractivity contribution < 1.29 is 0 Å². The number of fused-ring (bicyclic) bond motifs is 2. The van der Waals surface area contributed by atoms with E-state index in [1.807, 2.05) is 11.3 Å². The molecule has 0 N–H and O–H groups in total.